The van der Waals surface area contributed by atoms with Crippen LogP contribution in [0, 0.1) is 0 Å². The van der Waals surface area contributed by atoms with Crippen molar-refractivity contribution < 1.29 is 0 Å². The average Bonchev–Trinajstić information content (AvgIpc) is 3.30. The Morgan fingerprint density at radius 1 is 0.971 bits per heavy atom. The molecule has 0 atom stereocenters. The SMILES string of the molecule is O=c1c2sc(-c3ccc(Cl)cc3)cc2ncn1-c1ccc2c(c1)CCC(CN1CCCCC1)=C2. The van der Waals surface area contributed by atoms with Crippen LogP contribution in [0.1, 0.15) is 36.8 Å². The van der Waals surface area contributed by atoms with Crippen LogP contribution in [0.5, 0.6) is 0 Å². The number of halogens is 1. The van der Waals surface area contributed by atoms with Crippen molar-refractivity contribution >= 4 is 39.2 Å². The van der Waals surface area contributed by atoms with Crippen LogP contribution in [0.3, 0.4) is 0 Å². The maximum Gasteiger partial charge on any atom is 0.275 e. The Labute approximate surface area is 208 Å². The van der Waals surface area contributed by atoms with Crippen molar-refractivity contribution in [1.29, 1.82) is 0 Å². The van der Waals surface area contributed by atoms with Gasteiger partial charge >= 0.3 is 0 Å². The topological polar surface area (TPSA) is 38.1 Å². The Balaban J connectivity index is 1.29. The Morgan fingerprint density at radius 2 is 1.79 bits per heavy atom. The summed E-state index contributed by atoms with van der Waals surface area (Å²) in [6.07, 6.45) is 10.2. The minimum absolute atomic E-state index is 0.0210. The number of likely N-dealkylation sites (tertiary alicyclic amines) is 1. The highest BCUT2D eigenvalue weighted by atomic mass is 35.5. The van der Waals surface area contributed by atoms with E-state index in [1.165, 1.54) is 60.4 Å². The number of rotatable bonds is 4. The molecule has 6 rings (SSSR count). The molecule has 0 spiro atoms. The summed E-state index contributed by atoms with van der Waals surface area (Å²) in [5, 5.41) is 0.700. The van der Waals surface area contributed by atoms with Gasteiger partial charge in [0.2, 0.25) is 0 Å². The summed E-state index contributed by atoms with van der Waals surface area (Å²) < 4.78 is 2.35. The molecule has 6 heteroatoms. The van der Waals surface area contributed by atoms with E-state index in [2.05, 4.69) is 28.1 Å². The van der Waals surface area contributed by atoms with Gasteiger partial charge in [-0.15, -0.1) is 11.3 Å². The molecule has 0 unspecified atom stereocenters. The summed E-state index contributed by atoms with van der Waals surface area (Å²) in [5.41, 5.74) is 6.75. The molecule has 0 amide bonds. The lowest BCUT2D eigenvalue weighted by Gasteiger charge is -2.29. The Kier molecular flexibility index (Phi) is 5.85. The molecule has 2 aromatic heterocycles. The second-order valence-electron chi connectivity index (χ2n) is 9.27. The maximum absolute atomic E-state index is 13.4. The molecule has 0 N–H and O–H groups in total. The Morgan fingerprint density at radius 3 is 2.62 bits per heavy atom. The zero-order valence-corrected chi connectivity index (χ0v) is 20.5. The molecule has 1 aliphatic heterocycles. The van der Waals surface area contributed by atoms with Crippen LogP contribution in [0.25, 0.3) is 32.4 Å². The summed E-state index contributed by atoms with van der Waals surface area (Å²) in [7, 11) is 0. The molecule has 0 bridgehead atoms. The van der Waals surface area contributed by atoms with Gasteiger partial charge < -0.3 is 0 Å². The smallest absolute Gasteiger partial charge is 0.275 e. The lowest BCUT2D eigenvalue weighted by molar-refractivity contribution is 0.245. The fourth-order valence-electron chi connectivity index (χ4n) is 5.07. The molecule has 34 heavy (non-hydrogen) atoms. The van der Waals surface area contributed by atoms with Crippen molar-refractivity contribution in [3.63, 3.8) is 0 Å². The predicted molar refractivity (Wildman–Crippen MR) is 142 cm³/mol. The van der Waals surface area contributed by atoms with Gasteiger partial charge in [0, 0.05) is 16.4 Å². The normalized spacial score (nSPS) is 16.4. The fraction of sp³-hybridized carbons (Fsp3) is 0.286. The van der Waals surface area contributed by atoms with Crippen LogP contribution >= 0.6 is 22.9 Å². The van der Waals surface area contributed by atoms with Crippen LogP contribution in [0.2, 0.25) is 5.02 Å². The highest BCUT2D eigenvalue weighted by molar-refractivity contribution is 7.22. The van der Waals surface area contributed by atoms with E-state index in [9.17, 15) is 4.79 Å². The largest absolute Gasteiger partial charge is 0.299 e. The van der Waals surface area contributed by atoms with E-state index < -0.39 is 0 Å². The van der Waals surface area contributed by atoms with Gasteiger partial charge in [-0.3, -0.25) is 14.3 Å². The van der Waals surface area contributed by atoms with E-state index >= 15 is 0 Å². The van der Waals surface area contributed by atoms with E-state index in [1.807, 2.05) is 36.4 Å². The molecule has 172 valence electrons. The summed E-state index contributed by atoms with van der Waals surface area (Å²) >= 11 is 7.51. The second kappa shape index (κ2) is 9.14. The van der Waals surface area contributed by atoms with E-state index in [0.29, 0.717) is 9.72 Å². The summed E-state index contributed by atoms with van der Waals surface area (Å²) in [4.78, 5) is 21.6. The Bertz CT molecular complexity index is 1450. The van der Waals surface area contributed by atoms with Gasteiger partial charge in [0.05, 0.1) is 11.2 Å². The first kappa shape index (κ1) is 21.8. The minimum Gasteiger partial charge on any atom is -0.299 e. The molecular formula is C28H26ClN3OS. The summed E-state index contributed by atoms with van der Waals surface area (Å²) in [6, 6.07) is 16.0. The second-order valence-corrected chi connectivity index (χ2v) is 10.8. The van der Waals surface area contributed by atoms with Crippen molar-refractivity contribution in [2.75, 3.05) is 19.6 Å². The van der Waals surface area contributed by atoms with Crippen molar-refractivity contribution in [3.05, 3.63) is 86.9 Å². The lowest BCUT2D eigenvalue weighted by atomic mass is 9.91. The molecule has 4 nitrogen and oxygen atoms in total. The average molecular weight is 488 g/mol. The van der Waals surface area contributed by atoms with Gasteiger partial charge in [0.25, 0.3) is 5.56 Å². The summed E-state index contributed by atoms with van der Waals surface area (Å²) in [6.45, 7) is 3.55. The van der Waals surface area contributed by atoms with Crippen molar-refractivity contribution in [2.45, 2.75) is 32.1 Å². The molecule has 0 radical (unpaired) electrons. The third kappa shape index (κ3) is 4.24. The van der Waals surface area contributed by atoms with E-state index in [-0.39, 0.29) is 5.56 Å². The van der Waals surface area contributed by atoms with Gasteiger partial charge in [-0.1, -0.05) is 47.9 Å². The molecule has 1 fully saturated rings. The van der Waals surface area contributed by atoms with Crippen LogP contribution in [0.15, 0.2) is 65.2 Å². The zero-order valence-electron chi connectivity index (χ0n) is 19.0. The number of nitrogens with zero attached hydrogens (tertiary/aromatic N) is 3. The Hall–Kier alpha value is -2.73. The molecule has 4 aromatic rings. The van der Waals surface area contributed by atoms with Gasteiger partial charge in [0.1, 0.15) is 11.0 Å². The van der Waals surface area contributed by atoms with Gasteiger partial charge in [0.15, 0.2) is 0 Å². The monoisotopic (exact) mass is 487 g/mol. The van der Waals surface area contributed by atoms with Crippen molar-refractivity contribution in [2.24, 2.45) is 0 Å². The zero-order chi connectivity index (χ0) is 23.1. The van der Waals surface area contributed by atoms with Gasteiger partial charge in [-0.25, -0.2) is 4.98 Å². The standard InChI is InChI=1S/C28H26ClN3OS/c29-23-9-6-20(7-10-23)26-16-25-27(34-26)28(33)32(18-30-25)24-11-8-21-14-19(4-5-22(21)15-24)17-31-12-2-1-3-13-31/h6-11,14-16,18H,1-5,12-13,17H2. The van der Waals surface area contributed by atoms with E-state index in [0.717, 1.165) is 41.0 Å². The first-order chi connectivity index (χ1) is 16.6. The minimum atomic E-state index is -0.0210. The van der Waals surface area contributed by atoms with Crippen LogP contribution in [-0.2, 0) is 6.42 Å². The molecule has 1 saturated heterocycles. The van der Waals surface area contributed by atoms with Gasteiger partial charge in [-0.2, -0.15) is 0 Å². The molecule has 0 saturated carbocycles. The van der Waals surface area contributed by atoms with Crippen molar-refractivity contribution in [3.8, 4) is 16.1 Å². The number of hydrogen-bond acceptors (Lipinski definition) is 4. The first-order valence-corrected chi connectivity index (χ1v) is 13.2. The molecule has 1 aliphatic carbocycles. The van der Waals surface area contributed by atoms with E-state index in [1.54, 1.807) is 10.9 Å². The van der Waals surface area contributed by atoms with Crippen molar-refractivity contribution in [1.82, 2.24) is 14.5 Å². The highest BCUT2D eigenvalue weighted by Crippen LogP contribution is 2.32. The third-order valence-electron chi connectivity index (χ3n) is 6.92. The van der Waals surface area contributed by atoms with Crippen LogP contribution < -0.4 is 5.56 Å². The number of hydrogen-bond donors (Lipinski definition) is 0. The number of aryl methyl sites for hydroxylation is 1. The highest BCUT2D eigenvalue weighted by Gasteiger charge is 2.17. The number of fused-ring (bicyclic) bond motifs is 2. The van der Waals surface area contributed by atoms with Crippen LogP contribution in [-0.4, -0.2) is 34.1 Å². The third-order valence-corrected chi connectivity index (χ3v) is 8.34. The molecule has 2 aromatic carbocycles. The lowest BCUT2D eigenvalue weighted by Crippen LogP contribution is -2.31. The first-order valence-electron chi connectivity index (χ1n) is 12.0. The summed E-state index contributed by atoms with van der Waals surface area (Å²) in [5.74, 6) is 0. The maximum atomic E-state index is 13.4. The number of thiophene rings is 1. The quantitative estimate of drug-likeness (QED) is 0.326. The number of benzene rings is 2. The molecule has 3 heterocycles. The number of piperidine rings is 1. The molecular weight excluding hydrogens is 462 g/mol. The van der Waals surface area contributed by atoms with E-state index in [4.69, 9.17) is 11.6 Å². The molecule has 2 aliphatic rings. The predicted octanol–water partition coefficient (Wildman–Crippen LogP) is 6.58. The van der Waals surface area contributed by atoms with Gasteiger partial charge in [-0.05, 0) is 85.8 Å². The fourth-order valence-corrected chi connectivity index (χ4v) is 6.24. The van der Waals surface area contributed by atoms with Crippen LogP contribution in [0.4, 0.5) is 0 Å². The number of aromatic nitrogens is 2.